The first-order valence-corrected chi connectivity index (χ1v) is 7.59. The molecule has 1 aliphatic carbocycles. The second-order valence-corrected chi connectivity index (χ2v) is 6.72. The minimum absolute atomic E-state index is 0.0885. The molecule has 0 saturated heterocycles. The summed E-state index contributed by atoms with van der Waals surface area (Å²) in [6.07, 6.45) is 6.78. The van der Waals surface area contributed by atoms with Crippen molar-refractivity contribution in [2.24, 2.45) is 11.8 Å². The number of nitrogens with two attached hydrogens (primary N) is 1. The largest absolute Gasteiger partial charge is 0.370 e. The maximum atomic E-state index is 5.49. The summed E-state index contributed by atoms with van der Waals surface area (Å²) in [5, 5.41) is 3.41. The van der Waals surface area contributed by atoms with Gasteiger partial charge < -0.3 is 10.7 Å². The van der Waals surface area contributed by atoms with E-state index in [-0.39, 0.29) is 5.41 Å². The third kappa shape index (κ3) is 4.07. The highest BCUT2D eigenvalue weighted by Gasteiger charge is 2.19. The number of nitrogens with one attached hydrogen (secondary N) is 2. The van der Waals surface area contributed by atoms with Gasteiger partial charge in [-0.2, -0.15) is 0 Å². The molecule has 2 rings (SSSR count). The van der Waals surface area contributed by atoms with Crippen LogP contribution in [0, 0.1) is 5.92 Å². The summed E-state index contributed by atoms with van der Waals surface area (Å²) in [6, 6.07) is 1.86. The van der Waals surface area contributed by atoms with Gasteiger partial charge >= 0.3 is 0 Å². The van der Waals surface area contributed by atoms with E-state index < -0.39 is 0 Å². The van der Waals surface area contributed by atoms with Crippen molar-refractivity contribution in [2.75, 3.05) is 17.3 Å². The molecule has 0 radical (unpaired) electrons. The smallest absolute Gasteiger partial charge is 0.145 e. The van der Waals surface area contributed by atoms with Crippen molar-refractivity contribution < 1.29 is 0 Å². The van der Waals surface area contributed by atoms with Crippen molar-refractivity contribution in [3.8, 4) is 0 Å². The van der Waals surface area contributed by atoms with Crippen LogP contribution in [0.25, 0.3) is 0 Å². The molecule has 0 unspecified atom stereocenters. The lowest BCUT2D eigenvalue weighted by Gasteiger charge is -2.19. The van der Waals surface area contributed by atoms with Gasteiger partial charge in [0.15, 0.2) is 0 Å². The molecule has 1 aromatic heterocycles. The molecule has 1 saturated carbocycles. The van der Waals surface area contributed by atoms with Crippen molar-refractivity contribution in [2.45, 2.75) is 58.3 Å². The summed E-state index contributed by atoms with van der Waals surface area (Å²) in [5.74, 6) is 8.70. The number of rotatable bonds is 5. The van der Waals surface area contributed by atoms with E-state index in [4.69, 9.17) is 5.84 Å². The topological polar surface area (TPSA) is 75.9 Å². The molecule has 0 aromatic carbocycles. The van der Waals surface area contributed by atoms with E-state index in [9.17, 15) is 0 Å². The Labute approximate surface area is 121 Å². The number of aromatic nitrogens is 2. The molecule has 0 bridgehead atoms. The first-order valence-electron chi connectivity index (χ1n) is 7.59. The van der Waals surface area contributed by atoms with Gasteiger partial charge in [0, 0.05) is 18.0 Å². The Kier molecular flexibility index (Phi) is 4.81. The highest BCUT2D eigenvalue weighted by atomic mass is 15.3. The van der Waals surface area contributed by atoms with Gasteiger partial charge in [-0.15, -0.1) is 0 Å². The van der Waals surface area contributed by atoms with Gasteiger partial charge in [-0.1, -0.05) is 46.5 Å². The summed E-state index contributed by atoms with van der Waals surface area (Å²) in [5.41, 5.74) is 2.53. The van der Waals surface area contributed by atoms with Gasteiger partial charge in [-0.25, -0.2) is 15.8 Å². The number of nitrogen functional groups attached to an aromatic ring is 1. The normalized spacial score (nSPS) is 16.4. The minimum atomic E-state index is -0.0885. The third-order valence-corrected chi connectivity index (χ3v) is 3.88. The molecule has 5 nitrogen and oxygen atoms in total. The van der Waals surface area contributed by atoms with Crippen LogP contribution in [-0.2, 0) is 5.41 Å². The average molecular weight is 277 g/mol. The van der Waals surface area contributed by atoms with Crippen molar-refractivity contribution in [1.82, 2.24) is 9.97 Å². The zero-order chi connectivity index (χ0) is 14.6. The molecule has 1 aliphatic rings. The first kappa shape index (κ1) is 15.0. The van der Waals surface area contributed by atoms with E-state index >= 15 is 0 Å². The van der Waals surface area contributed by atoms with Crippen molar-refractivity contribution >= 4 is 11.6 Å². The molecule has 20 heavy (non-hydrogen) atoms. The number of nitrogens with zero attached hydrogens (tertiary/aromatic N) is 2. The molecular weight excluding hydrogens is 250 g/mol. The molecule has 0 aliphatic heterocycles. The van der Waals surface area contributed by atoms with Gasteiger partial charge in [0.2, 0.25) is 0 Å². The predicted octanol–water partition coefficient (Wildman–Crippen LogP) is 3.05. The van der Waals surface area contributed by atoms with Gasteiger partial charge in [-0.3, -0.25) is 0 Å². The van der Waals surface area contributed by atoms with E-state index in [2.05, 4.69) is 41.5 Å². The van der Waals surface area contributed by atoms with Crippen LogP contribution in [0.5, 0.6) is 0 Å². The van der Waals surface area contributed by atoms with E-state index in [1.54, 1.807) is 0 Å². The highest BCUT2D eigenvalue weighted by Crippen LogP contribution is 2.27. The Morgan fingerprint density at radius 1 is 1.20 bits per heavy atom. The van der Waals surface area contributed by atoms with Crippen LogP contribution in [0.4, 0.5) is 11.6 Å². The van der Waals surface area contributed by atoms with Crippen LogP contribution in [0.15, 0.2) is 6.07 Å². The van der Waals surface area contributed by atoms with Gasteiger partial charge in [0.25, 0.3) is 0 Å². The van der Waals surface area contributed by atoms with Crippen molar-refractivity contribution in [3.05, 3.63) is 11.9 Å². The van der Waals surface area contributed by atoms with Gasteiger partial charge in [-0.05, 0) is 12.3 Å². The molecule has 0 spiro atoms. The fourth-order valence-corrected chi connectivity index (χ4v) is 2.65. The van der Waals surface area contributed by atoms with Gasteiger partial charge in [0.1, 0.15) is 17.5 Å². The van der Waals surface area contributed by atoms with Crippen LogP contribution in [0.2, 0.25) is 0 Å². The SMILES string of the molecule is CC(C)(C)c1nc(NN)cc(NCCC2CCCC2)n1. The van der Waals surface area contributed by atoms with E-state index in [0.717, 1.165) is 24.1 Å². The Morgan fingerprint density at radius 3 is 2.45 bits per heavy atom. The summed E-state index contributed by atoms with van der Waals surface area (Å²) >= 11 is 0. The fourth-order valence-electron chi connectivity index (χ4n) is 2.65. The molecule has 0 atom stereocenters. The number of hydrogen-bond acceptors (Lipinski definition) is 5. The highest BCUT2D eigenvalue weighted by molar-refractivity contribution is 5.47. The van der Waals surface area contributed by atoms with Crippen LogP contribution in [-0.4, -0.2) is 16.5 Å². The second kappa shape index (κ2) is 6.39. The molecule has 1 heterocycles. The number of hydrogen-bond donors (Lipinski definition) is 3. The second-order valence-electron chi connectivity index (χ2n) is 6.72. The zero-order valence-corrected chi connectivity index (χ0v) is 12.9. The summed E-state index contributed by atoms with van der Waals surface area (Å²) in [6.45, 7) is 7.27. The lowest BCUT2D eigenvalue weighted by atomic mass is 9.96. The van der Waals surface area contributed by atoms with Crippen LogP contribution in [0.1, 0.15) is 58.7 Å². The van der Waals surface area contributed by atoms with Crippen molar-refractivity contribution in [1.29, 1.82) is 0 Å². The molecule has 4 N–H and O–H groups in total. The predicted molar refractivity (Wildman–Crippen MR) is 83.6 cm³/mol. The molecule has 0 amide bonds. The lowest BCUT2D eigenvalue weighted by molar-refractivity contribution is 0.517. The third-order valence-electron chi connectivity index (χ3n) is 3.88. The molecule has 1 aromatic rings. The molecule has 1 fully saturated rings. The summed E-state index contributed by atoms with van der Waals surface area (Å²) < 4.78 is 0. The van der Waals surface area contributed by atoms with Crippen LogP contribution < -0.4 is 16.6 Å². The molecular formula is C15H27N5. The number of hydrazine groups is 1. The lowest BCUT2D eigenvalue weighted by Crippen LogP contribution is -2.20. The minimum Gasteiger partial charge on any atom is -0.370 e. The summed E-state index contributed by atoms with van der Waals surface area (Å²) in [7, 11) is 0. The standard InChI is InChI=1S/C15H27N5/c1-15(2,3)14-18-12(10-13(19-14)20-16)17-9-8-11-6-4-5-7-11/h10-11H,4-9,16H2,1-3H3,(H2,17,18,19,20). The zero-order valence-electron chi connectivity index (χ0n) is 12.9. The summed E-state index contributed by atoms with van der Waals surface area (Å²) in [4.78, 5) is 9.02. The van der Waals surface area contributed by atoms with Gasteiger partial charge in [0.05, 0.1) is 0 Å². The Bertz CT molecular complexity index is 432. The monoisotopic (exact) mass is 277 g/mol. The maximum absolute atomic E-state index is 5.49. The van der Waals surface area contributed by atoms with E-state index in [0.29, 0.717) is 5.82 Å². The Hall–Kier alpha value is -1.36. The molecule has 112 valence electrons. The van der Waals surface area contributed by atoms with E-state index in [1.807, 2.05) is 6.07 Å². The maximum Gasteiger partial charge on any atom is 0.145 e. The van der Waals surface area contributed by atoms with E-state index in [1.165, 1.54) is 32.1 Å². The Morgan fingerprint density at radius 2 is 1.85 bits per heavy atom. The fraction of sp³-hybridized carbons (Fsp3) is 0.733. The average Bonchev–Trinajstić information content (AvgIpc) is 2.90. The van der Waals surface area contributed by atoms with Crippen LogP contribution in [0.3, 0.4) is 0 Å². The van der Waals surface area contributed by atoms with Crippen LogP contribution >= 0.6 is 0 Å². The quantitative estimate of drug-likeness (QED) is 0.569. The molecule has 5 heteroatoms. The first-order chi connectivity index (χ1) is 9.49. The van der Waals surface area contributed by atoms with Crippen molar-refractivity contribution in [3.63, 3.8) is 0 Å². The number of anilines is 2. The Balaban J connectivity index is 1.98.